The summed E-state index contributed by atoms with van der Waals surface area (Å²) in [6.07, 6.45) is 0. The fourth-order valence-corrected chi connectivity index (χ4v) is 1.54. The molecule has 1 aromatic carbocycles. The molecule has 0 heterocycles. The molecule has 0 atom stereocenters. The number of hydrogen-bond acceptors (Lipinski definition) is 5. The van der Waals surface area contributed by atoms with E-state index in [-0.39, 0.29) is 35.3 Å². The van der Waals surface area contributed by atoms with E-state index in [9.17, 15) is 13.0 Å². The Morgan fingerprint density at radius 1 is 1.38 bits per heavy atom. The predicted molar refractivity (Wildman–Crippen MR) is 57.7 cm³/mol. The fraction of sp³-hybridized carbons (Fsp3) is 0.222. The van der Waals surface area contributed by atoms with Gasteiger partial charge in [0.15, 0.2) is 0 Å². The smallest absolute Gasteiger partial charge is 0.748 e. The summed E-state index contributed by atoms with van der Waals surface area (Å²) in [5.41, 5.74) is 3.62. The minimum Gasteiger partial charge on any atom is -0.748 e. The molecule has 7 heteroatoms. The third kappa shape index (κ3) is 6.97. The zero-order chi connectivity index (χ0) is 11.3. The second-order valence-corrected chi connectivity index (χ2v) is 4.43. The monoisotopic (exact) mass is 250 g/mol. The van der Waals surface area contributed by atoms with E-state index >= 15 is 0 Å². The maximum Gasteiger partial charge on any atom is 1.00 e. The number of hydrogen-bond donors (Lipinski definition) is 1. The van der Waals surface area contributed by atoms with Gasteiger partial charge < -0.3 is 4.55 Å². The van der Waals surface area contributed by atoms with Gasteiger partial charge in [0.25, 0.3) is 0 Å². The van der Waals surface area contributed by atoms with Crippen LogP contribution in [0.2, 0.25) is 0 Å². The molecule has 0 aliphatic heterocycles. The van der Waals surface area contributed by atoms with Crippen LogP contribution in [0.25, 0.3) is 0 Å². The molecule has 16 heavy (non-hydrogen) atoms. The number of hydrazone groups is 1. The van der Waals surface area contributed by atoms with Crippen molar-refractivity contribution in [3.05, 3.63) is 30.3 Å². The molecule has 5 nitrogen and oxygen atoms in total. The molecule has 0 bridgehead atoms. The Labute approximate surface area is 117 Å². The molecule has 0 radical (unpaired) electrons. The Bertz CT molecular complexity index is 445. The SMILES string of the molecule is C/C(CS(=O)(=O)[O-])=N/Nc1ccccc1.[Na+]. The summed E-state index contributed by atoms with van der Waals surface area (Å²) in [6.45, 7) is 1.48. The molecular weight excluding hydrogens is 239 g/mol. The van der Waals surface area contributed by atoms with Crippen LogP contribution in [0.3, 0.4) is 0 Å². The molecule has 1 aromatic rings. The van der Waals surface area contributed by atoms with Crippen LogP contribution in [0.5, 0.6) is 0 Å². The Kier molecular flexibility index (Phi) is 6.85. The zero-order valence-corrected chi connectivity index (χ0v) is 12.0. The maximum absolute atomic E-state index is 10.4. The van der Waals surface area contributed by atoms with Gasteiger partial charge in [-0.3, -0.25) is 5.43 Å². The van der Waals surface area contributed by atoms with Crippen molar-refractivity contribution < 1.29 is 42.5 Å². The van der Waals surface area contributed by atoms with Gasteiger partial charge in [-0.1, -0.05) is 18.2 Å². The number of nitrogens with zero attached hydrogens (tertiary/aromatic N) is 1. The van der Waals surface area contributed by atoms with E-state index in [1.807, 2.05) is 18.2 Å². The molecule has 0 saturated heterocycles. The number of para-hydroxylation sites is 1. The zero-order valence-electron chi connectivity index (χ0n) is 9.17. The average molecular weight is 250 g/mol. The van der Waals surface area contributed by atoms with Gasteiger partial charge in [0.1, 0.15) is 10.1 Å². The van der Waals surface area contributed by atoms with Crippen molar-refractivity contribution in [2.45, 2.75) is 6.92 Å². The van der Waals surface area contributed by atoms with Gasteiger partial charge in [-0.15, -0.1) is 0 Å². The van der Waals surface area contributed by atoms with Crippen molar-refractivity contribution in [2.24, 2.45) is 5.10 Å². The van der Waals surface area contributed by atoms with Crippen molar-refractivity contribution in [1.82, 2.24) is 0 Å². The van der Waals surface area contributed by atoms with E-state index in [1.54, 1.807) is 12.1 Å². The van der Waals surface area contributed by atoms with E-state index in [0.29, 0.717) is 0 Å². The average Bonchev–Trinajstić information content (AvgIpc) is 2.14. The van der Waals surface area contributed by atoms with Crippen LogP contribution < -0.4 is 35.0 Å². The third-order valence-corrected chi connectivity index (χ3v) is 2.31. The summed E-state index contributed by atoms with van der Waals surface area (Å²) in [6, 6.07) is 9.05. The van der Waals surface area contributed by atoms with Crippen LogP contribution in [0.1, 0.15) is 6.92 Å². The largest absolute Gasteiger partial charge is 1.00 e. The van der Waals surface area contributed by atoms with Crippen molar-refractivity contribution in [3.8, 4) is 0 Å². The standard InChI is InChI=1S/C9H12N2O3S.Na/c1-8(7-15(12,13)14)10-11-9-5-3-2-4-6-9;/h2-6,11H,7H2,1H3,(H,12,13,14);/q;+1/p-1/b10-8-;. The Morgan fingerprint density at radius 2 is 1.94 bits per heavy atom. The molecule has 0 fully saturated rings. The molecule has 0 aliphatic rings. The molecule has 1 N–H and O–H groups in total. The van der Waals surface area contributed by atoms with Crippen molar-refractivity contribution in [1.29, 1.82) is 0 Å². The fourth-order valence-electron chi connectivity index (χ4n) is 0.961. The number of nitrogens with one attached hydrogen (secondary N) is 1. The van der Waals surface area contributed by atoms with Gasteiger partial charge in [0.2, 0.25) is 0 Å². The van der Waals surface area contributed by atoms with Crippen molar-refractivity contribution >= 4 is 21.5 Å². The van der Waals surface area contributed by atoms with Crippen LogP contribution in [0.15, 0.2) is 35.4 Å². The maximum atomic E-state index is 10.4. The summed E-state index contributed by atoms with van der Waals surface area (Å²) in [5.74, 6) is -0.577. The molecular formula is C9H11N2NaO3S. The first-order valence-corrected chi connectivity index (χ1v) is 5.83. The van der Waals surface area contributed by atoms with Crippen molar-refractivity contribution in [2.75, 3.05) is 11.2 Å². The molecule has 0 aliphatic carbocycles. The van der Waals surface area contributed by atoms with Crippen LogP contribution in [0, 0.1) is 0 Å². The van der Waals surface area contributed by atoms with Crippen LogP contribution in [0.4, 0.5) is 5.69 Å². The molecule has 0 spiro atoms. The van der Waals surface area contributed by atoms with E-state index in [2.05, 4.69) is 10.5 Å². The molecule has 0 saturated carbocycles. The molecule has 0 aromatic heterocycles. The van der Waals surface area contributed by atoms with Gasteiger partial charge in [0, 0.05) is 5.71 Å². The second-order valence-electron chi connectivity index (χ2n) is 3.03. The second kappa shape index (κ2) is 7.03. The number of anilines is 1. The topological polar surface area (TPSA) is 81.6 Å². The van der Waals surface area contributed by atoms with Crippen LogP contribution in [-0.2, 0) is 10.1 Å². The van der Waals surface area contributed by atoms with Gasteiger partial charge in [0.05, 0.1) is 11.4 Å². The number of benzene rings is 1. The summed E-state index contributed by atoms with van der Waals surface area (Å²) >= 11 is 0. The van der Waals surface area contributed by atoms with E-state index < -0.39 is 15.9 Å². The summed E-state index contributed by atoms with van der Waals surface area (Å²) in [5, 5.41) is 3.77. The molecule has 0 amide bonds. The van der Waals surface area contributed by atoms with Crippen molar-refractivity contribution in [3.63, 3.8) is 0 Å². The first-order chi connectivity index (χ1) is 6.97. The van der Waals surface area contributed by atoms with E-state index in [0.717, 1.165) is 5.69 Å². The Hall–Kier alpha value is -0.400. The minimum atomic E-state index is -4.25. The third-order valence-electron chi connectivity index (χ3n) is 1.54. The van der Waals surface area contributed by atoms with Crippen LogP contribution >= 0.6 is 0 Å². The molecule has 82 valence electrons. The summed E-state index contributed by atoms with van der Waals surface area (Å²) < 4.78 is 31.2. The first kappa shape index (κ1) is 15.6. The Morgan fingerprint density at radius 3 is 2.44 bits per heavy atom. The quantitative estimate of drug-likeness (QED) is 0.291. The van der Waals surface area contributed by atoms with Crippen LogP contribution in [-0.4, -0.2) is 24.4 Å². The summed E-state index contributed by atoms with van der Waals surface area (Å²) in [4.78, 5) is 0. The normalized spacial score (nSPS) is 11.8. The minimum absolute atomic E-state index is 0. The van der Waals surface area contributed by atoms with Gasteiger partial charge >= 0.3 is 29.6 Å². The molecule has 0 unspecified atom stereocenters. The predicted octanol–water partition coefficient (Wildman–Crippen LogP) is -1.98. The molecule has 1 rings (SSSR count). The van der Waals surface area contributed by atoms with E-state index in [1.165, 1.54) is 6.92 Å². The van der Waals surface area contributed by atoms with Gasteiger partial charge in [-0.05, 0) is 19.1 Å². The first-order valence-electron chi connectivity index (χ1n) is 4.25. The number of rotatable bonds is 4. The van der Waals surface area contributed by atoms with Gasteiger partial charge in [-0.25, -0.2) is 8.42 Å². The Balaban J connectivity index is 0.00000225. The van der Waals surface area contributed by atoms with E-state index in [4.69, 9.17) is 0 Å². The summed E-state index contributed by atoms with van der Waals surface area (Å²) in [7, 11) is -4.25. The van der Waals surface area contributed by atoms with Gasteiger partial charge in [-0.2, -0.15) is 5.10 Å².